The van der Waals surface area contributed by atoms with E-state index in [1.165, 1.54) is 22.5 Å². The van der Waals surface area contributed by atoms with Crippen LogP contribution in [0.25, 0.3) is 11.2 Å². The number of aliphatic hydroxyl groups is 2. The van der Waals surface area contributed by atoms with Crippen molar-refractivity contribution >= 4 is 28.7 Å². The largest absolute Gasteiger partial charge is 0.394 e. The Morgan fingerprint density at radius 1 is 1.27 bits per heavy atom. The molecular formula is C21H24F2N6O3S. The van der Waals surface area contributed by atoms with E-state index >= 15 is 0 Å². The molecule has 0 bridgehead atoms. The second kappa shape index (κ2) is 9.09. The van der Waals surface area contributed by atoms with Gasteiger partial charge in [-0.05, 0) is 30.5 Å². The van der Waals surface area contributed by atoms with E-state index in [4.69, 9.17) is 4.74 Å². The molecule has 3 heterocycles. The number of nitrogens with zero attached hydrogens (tertiary/aromatic N) is 5. The van der Waals surface area contributed by atoms with Gasteiger partial charge in [0.25, 0.3) is 0 Å². The third kappa shape index (κ3) is 4.27. The Balaban J connectivity index is 1.44. The Morgan fingerprint density at radius 3 is 2.85 bits per heavy atom. The summed E-state index contributed by atoms with van der Waals surface area (Å²) in [6.07, 6.45) is 0.0564. The fourth-order valence-corrected chi connectivity index (χ4v) is 4.77. The predicted octanol–water partition coefficient (Wildman–Crippen LogP) is 2.26. The van der Waals surface area contributed by atoms with Crippen molar-refractivity contribution in [2.24, 2.45) is 0 Å². The van der Waals surface area contributed by atoms with Crippen LogP contribution < -0.4 is 5.32 Å². The lowest BCUT2D eigenvalue weighted by molar-refractivity contribution is 0.00177. The molecule has 2 aromatic heterocycles. The van der Waals surface area contributed by atoms with Gasteiger partial charge in [-0.15, -0.1) is 5.10 Å². The van der Waals surface area contributed by atoms with Crippen LogP contribution in [0.2, 0.25) is 0 Å². The van der Waals surface area contributed by atoms with Gasteiger partial charge >= 0.3 is 0 Å². The van der Waals surface area contributed by atoms with Gasteiger partial charge in [0, 0.05) is 17.7 Å². The highest BCUT2D eigenvalue weighted by molar-refractivity contribution is 7.99. The van der Waals surface area contributed by atoms with Gasteiger partial charge in [-0.1, -0.05) is 30.0 Å². The van der Waals surface area contributed by atoms with E-state index in [1.807, 2.05) is 0 Å². The Bertz CT molecular complexity index is 1160. The van der Waals surface area contributed by atoms with Crippen LogP contribution in [0.4, 0.5) is 14.6 Å². The topological polar surface area (TPSA) is 118 Å². The molecule has 2 fully saturated rings. The fourth-order valence-electron chi connectivity index (χ4n) is 4.08. The first-order valence-corrected chi connectivity index (χ1v) is 11.9. The average molecular weight is 479 g/mol. The van der Waals surface area contributed by atoms with Crippen molar-refractivity contribution < 1.29 is 23.7 Å². The molecule has 176 valence electrons. The highest BCUT2D eigenvalue weighted by atomic mass is 32.2. The van der Waals surface area contributed by atoms with Gasteiger partial charge < -0.3 is 20.3 Å². The monoisotopic (exact) mass is 478 g/mol. The maximum absolute atomic E-state index is 13.7. The number of rotatable bonds is 8. The molecule has 2 aliphatic rings. The molecular weight excluding hydrogens is 454 g/mol. The van der Waals surface area contributed by atoms with E-state index in [1.54, 1.807) is 6.07 Å². The number of fused-ring (bicyclic) bond motifs is 1. The van der Waals surface area contributed by atoms with Crippen LogP contribution in [-0.4, -0.2) is 72.4 Å². The standard InChI is InChI=1S/C21H24F2N6O3S/c1-2-5-33-21-25-19(24-14-7-11(14)10-3-4-12(22)13(23)6-10)17-20(26-21)29(28-27-17)15-9-32-16(8-30)18(15)31/h3-4,6,11,14-16,18,30-31H,2,5,7-9H2,1H3,(H,24,25,26)/t11-,14+,15-,16-,18+/m0/s1. The Kier molecular flexibility index (Phi) is 6.16. The highest BCUT2D eigenvalue weighted by Crippen LogP contribution is 2.43. The van der Waals surface area contributed by atoms with Gasteiger partial charge in [0.15, 0.2) is 33.8 Å². The molecule has 5 rings (SSSR count). The minimum absolute atomic E-state index is 0.0127. The first kappa shape index (κ1) is 22.4. The Labute approximate surface area is 192 Å². The lowest BCUT2D eigenvalue weighted by Gasteiger charge is -2.16. The molecule has 33 heavy (non-hydrogen) atoms. The van der Waals surface area contributed by atoms with Crippen LogP contribution in [0.15, 0.2) is 23.4 Å². The number of nitrogens with one attached hydrogen (secondary N) is 1. The van der Waals surface area contributed by atoms with Gasteiger partial charge in [0.05, 0.1) is 13.2 Å². The van der Waals surface area contributed by atoms with Crippen LogP contribution in [0.1, 0.15) is 37.3 Å². The van der Waals surface area contributed by atoms with Gasteiger partial charge in [-0.3, -0.25) is 0 Å². The van der Waals surface area contributed by atoms with E-state index in [9.17, 15) is 19.0 Å². The second-order valence-corrected chi connectivity index (χ2v) is 9.35. The molecule has 1 saturated carbocycles. The van der Waals surface area contributed by atoms with Crippen molar-refractivity contribution in [1.82, 2.24) is 25.0 Å². The van der Waals surface area contributed by atoms with E-state index in [-0.39, 0.29) is 25.2 Å². The van der Waals surface area contributed by atoms with Crippen LogP contribution in [0, 0.1) is 11.6 Å². The number of halogens is 2. The Morgan fingerprint density at radius 2 is 2.12 bits per heavy atom. The van der Waals surface area contributed by atoms with Crippen molar-refractivity contribution in [3.63, 3.8) is 0 Å². The summed E-state index contributed by atoms with van der Waals surface area (Å²) in [6.45, 7) is 1.95. The third-order valence-corrected chi connectivity index (χ3v) is 7.03. The van der Waals surface area contributed by atoms with E-state index in [0.717, 1.165) is 30.2 Å². The highest BCUT2D eigenvalue weighted by Gasteiger charge is 2.41. The summed E-state index contributed by atoms with van der Waals surface area (Å²) in [6, 6.07) is 3.42. The number of benzene rings is 1. The second-order valence-electron chi connectivity index (χ2n) is 8.29. The molecule has 3 aromatic rings. The molecule has 1 aliphatic carbocycles. The first-order chi connectivity index (χ1) is 16.0. The van der Waals surface area contributed by atoms with E-state index < -0.39 is 29.9 Å². The first-order valence-electron chi connectivity index (χ1n) is 10.9. The van der Waals surface area contributed by atoms with Crippen molar-refractivity contribution in [3.8, 4) is 0 Å². The van der Waals surface area contributed by atoms with Gasteiger partial charge in [-0.2, -0.15) is 0 Å². The quantitative estimate of drug-likeness (QED) is 0.331. The van der Waals surface area contributed by atoms with Crippen LogP contribution in [0.5, 0.6) is 0 Å². The minimum atomic E-state index is -0.945. The molecule has 0 radical (unpaired) electrons. The maximum Gasteiger partial charge on any atom is 0.191 e. The minimum Gasteiger partial charge on any atom is -0.394 e. The molecule has 1 saturated heterocycles. The zero-order valence-electron chi connectivity index (χ0n) is 17.9. The zero-order chi connectivity index (χ0) is 23.1. The normalized spacial score (nSPS) is 26.8. The number of anilines is 1. The number of thioether (sulfide) groups is 1. The van der Waals surface area contributed by atoms with Crippen LogP contribution in [-0.2, 0) is 4.74 Å². The SMILES string of the molecule is CCCSc1nc(N[C@@H]2C[C@H]2c2ccc(F)c(F)c2)c2nnn([C@H]3CO[C@@H](CO)[C@@H]3O)c2n1. The summed E-state index contributed by atoms with van der Waals surface area (Å²) >= 11 is 1.50. The Hall–Kier alpha value is -2.41. The summed E-state index contributed by atoms with van der Waals surface area (Å²) in [7, 11) is 0. The number of ether oxygens (including phenoxy) is 1. The van der Waals surface area contributed by atoms with Crippen LogP contribution >= 0.6 is 11.8 Å². The molecule has 3 N–H and O–H groups in total. The summed E-state index contributed by atoms with van der Waals surface area (Å²) in [5.41, 5.74) is 1.64. The van der Waals surface area contributed by atoms with Crippen molar-refractivity contribution in [2.75, 3.05) is 24.3 Å². The fraction of sp³-hybridized carbons (Fsp3) is 0.524. The number of aliphatic hydroxyl groups excluding tert-OH is 2. The molecule has 9 nitrogen and oxygen atoms in total. The van der Waals surface area contributed by atoms with Crippen molar-refractivity contribution in [2.45, 2.75) is 55.1 Å². The average Bonchev–Trinajstić information content (AvgIpc) is 3.28. The number of hydrogen-bond donors (Lipinski definition) is 3. The molecule has 0 unspecified atom stereocenters. The lowest BCUT2D eigenvalue weighted by atomic mass is 10.1. The molecule has 12 heteroatoms. The molecule has 5 atom stereocenters. The predicted molar refractivity (Wildman–Crippen MR) is 117 cm³/mol. The van der Waals surface area contributed by atoms with E-state index in [2.05, 4.69) is 32.5 Å². The number of hydrogen-bond acceptors (Lipinski definition) is 9. The lowest BCUT2D eigenvalue weighted by Crippen LogP contribution is -2.31. The third-order valence-electron chi connectivity index (χ3n) is 5.97. The van der Waals surface area contributed by atoms with Crippen molar-refractivity contribution in [1.29, 1.82) is 0 Å². The molecule has 1 aliphatic heterocycles. The summed E-state index contributed by atoms with van der Waals surface area (Å²) < 4.78 is 33.9. The number of aromatic nitrogens is 5. The summed E-state index contributed by atoms with van der Waals surface area (Å²) in [4.78, 5) is 9.24. The van der Waals surface area contributed by atoms with Crippen LogP contribution in [0.3, 0.4) is 0 Å². The molecule has 1 aromatic carbocycles. The molecule has 0 spiro atoms. The maximum atomic E-state index is 13.7. The summed E-state index contributed by atoms with van der Waals surface area (Å²) in [5.74, 6) is -0.358. The summed E-state index contributed by atoms with van der Waals surface area (Å²) in [5, 5.41) is 32.3. The van der Waals surface area contributed by atoms with E-state index in [0.29, 0.717) is 22.1 Å². The van der Waals surface area contributed by atoms with Gasteiger partial charge in [0.2, 0.25) is 0 Å². The molecule has 0 amide bonds. The van der Waals surface area contributed by atoms with Gasteiger partial charge in [-0.25, -0.2) is 23.4 Å². The van der Waals surface area contributed by atoms with Crippen molar-refractivity contribution in [3.05, 3.63) is 35.4 Å². The van der Waals surface area contributed by atoms with Gasteiger partial charge in [0.1, 0.15) is 18.2 Å². The zero-order valence-corrected chi connectivity index (χ0v) is 18.7. The smallest absolute Gasteiger partial charge is 0.191 e.